The van der Waals surface area contributed by atoms with Crippen LogP contribution in [0.5, 0.6) is 0 Å². The van der Waals surface area contributed by atoms with Gasteiger partial charge in [0.05, 0.1) is 11.4 Å². The van der Waals surface area contributed by atoms with Gasteiger partial charge in [0, 0.05) is 25.3 Å². The number of piperidine rings is 1. The van der Waals surface area contributed by atoms with Crippen LogP contribution in [-0.4, -0.2) is 33.8 Å². The summed E-state index contributed by atoms with van der Waals surface area (Å²) in [4.78, 5) is 2.41. The molecule has 2 unspecified atom stereocenters. The Hall–Kier alpha value is -1.65. The topological polar surface area (TPSA) is 47.1 Å². The van der Waals surface area contributed by atoms with Crippen LogP contribution in [0.3, 0.4) is 0 Å². The zero-order valence-corrected chi connectivity index (χ0v) is 11.9. The van der Waals surface area contributed by atoms with Gasteiger partial charge >= 0.3 is 0 Å². The summed E-state index contributed by atoms with van der Waals surface area (Å²) in [5.41, 5.74) is 8.36. The van der Waals surface area contributed by atoms with Crippen molar-refractivity contribution in [3.63, 3.8) is 0 Å². The molecule has 20 heavy (non-hydrogen) atoms. The molecule has 1 aliphatic heterocycles. The Labute approximate surface area is 120 Å². The molecule has 0 spiro atoms. The number of likely N-dealkylation sites (tertiary alicyclic amines) is 1. The van der Waals surface area contributed by atoms with E-state index in [1.807, 2.05) is 29.1 Å². The molecular formula is C16H22N4. The van der Waals surface area contributed by atoms with Gasteiger partial charge in [0.1, 0.15) is 0 Å². The summed E-state index contributed by atoms with van der Waals surface area (Å²) in [6, 6.07) is 12.6. The Kier molecular flexibility index (Phi) is 3.85. The Morgan fingerprint density at radius 2 is 2.05 bits per heavy atom. The Balaban J connectivity index is 1.66. The van der Waals surface area contributed by atoms with E-state index >= 15 is 0 Å². The molecule has 1 fully saturated rings. The molecule has 0 bridgehead atoms. The number of nitrogens with zero attached hydrogens (tertiary/aromatic N) is 3. The van der Waals surface area contributed by atoms with Crippen LogP contribution in [0, 0.1) is 5.92 Å². The first-order valence-electron chi connectivity index (χ1n) is 7.30. The van der Waals surface area contributed by atoms with E-state index in [-0.39, 0.29) is 0 Å². The van der Waals surface area contributed by atoms with E-state index in [2.05, 4.69) is 35.1 Å². The normalized spacial score (nSPS) is 23.9. The summed E-state index contributed by atoms with van der Waals surface area (Å²) in [6.45, 7) is 5.22. The van der Waals surface area contributed by atoms with E-state index < -0.39 is 0 Å². The van der Waals surface area contributed by atoms with Gasteiger partial charge in [-0.15, -0.1) is 0 Å². The van der Waals surface area contributed by atoms with Gasteiger partial charge in [0.2, 0.25) is 0 Å². The van der Waals surface area contributed by atoms with Crippen LogP contribution < -0.4 is 5.73 Å². The molecule has 1 aromatic heterocycles. The van der Waals surface area contributed by atoms with Crippen molar-refractivity contribution in [2.45, 2.75) is 25.9 Å². The monoisotopic (exact) mass is 270 g/mol. The largest absolute Gasteiger partial charge is 0.326 e. The van der Waals surface area contributed by atoms with E-state index in [1.165, 1.54) is 6.42 Å². The van der Waals surface area contributed by atoms with Gasteiger partial charge in [-0.25, -0.2) is 4.68 Å². The first-order valence-corrected chi connectivity index (χ1v) is 7.30. The second-order valence-corrected chi connectivity index (χ2v) is 5.75. The van der Waals surface area contributed by atoms with Crippen LogP contribution in [0.1, 0.15) is 19.0 Å². The first kappa shape index (κ1) is 13.3. The maximum atomic E-state index is 6.15. The second kappa shape index (κ2) is 5.77. The number of aromatic nitrogens is 2. The smallest absolute Gasteiger partial charge is 0.0769 e. The third kappa shape index (κ3) is 2.92. The summed E-state index contributed by atoms with van der Waals surface area (Å²) in [5.74, 6) is 0.633. The van der Waals surface area contributed by atoms with Crippen LogP contribution in [0.15, 0.2) is 42.6 Å². The fourth-order valence-electron chi connectivity index (χ4n) is 2.71. The molecule has 0 amide bonds. The van der Waals surface area contributed by atoms with Crippen molar-refractivity contribution >= 4 is 0 Å². The number of nitrogens with two attached hydrogens (primary N) is 1. The molecule has 3 rings (SSSR count). The Bertz CT molecular complexity index is 549. The number of para-hydroxylation sites is 1. The SMILES string of the molecule is CC1CCN(Cc2ccn(-c3ccccc3)n2)CC1N. The van der Waals surface area contributed by atoms with Gasteiger partial charge < -0.3 is 5.73 Å². The molecule has 4 nitrogen and oxygen atoms in total. The molecule has 2 N–H and O–H groups in total. The van der Waals surface area contributed by atoms with Crippen LogP contribution in [0.4, 0.5) is 0 Å². The molecule has 1 aromatic carbocycles. The molecule has 2 heterocycles. The highest BCUT2D eigenvalue weighted by atomic mass is 15.3. The molecule has 2 aromatic rings. The van der Waals surface area contributed by atoms with Crippen molar-refractivity contribution in [3.05, 3.63) is 48.3 Å². The van der Waals surface area contributed by atoms with E-state index in [9.17, 15) is 0 Å². The third-order valence-corrected chi connectivity index (χ3v) is 4.15. The van der Waals surface area contributed by atoms with Crippen LogP contribution in [-0.2, 0) is 6.54 Å². The molecule has 1 aliphatic rings. The fourth-order valence-corrected chi connectivity index (χ4v) is 2.71. The maximum absolute atomic E-state index is 6.15. The molecule has 4 heteroatoms. The molecule has 0 aliphatic carbocycles. The highest BCUT2D eigenvalue weighted by molar-refractivity contribution is 5.30. The van der Waals surface area contributed by atoms with Gasteiger partial charge in [0.15, 0.2) is 0 Å². The van der Waals surface area contributed by atoms with Crippen LogP contribution >= 0.6 is 0 Å². The average Bonchev–Trinajstić information content (AvgIpc) is 2.92. The molecule has 1 saturated heterocycles. The minimum Gasteiger partial charge on any atom is -0.326 e. The molecule has 0 radical (unpaired) electrons. The average molecular weight is 270 g/mol. The summed E-state index contributed by atoms with van der Waals surface area (Å²) in [5, 5.41) is 4.65. The highest BCUT2D eigenvalue weighted by Gasteiger charge is 2.23. The molecule has 106 valence electrons. The molecular weight excluding hydrogens is 248 g/mol. The van der Waals surface area contributed by atoms with Crippen molar-refractivity contribution in [1.82, 2.24) is 14.7 Å². The van der Waals surface area contributed by atoms with Gasteiger partial charge in [-0.1, -0.05) is 25.1 Å². The predicted octanol–water partition coefficient (Wildman–Crippen LogP) is 2.04. The van der Waals surface area contributed by atoms with E-state index in [0.29, 0.717) is 12.0 Å². The molecule has 2 atom stereocenters. The lowest BCUT2D eigenvalue weighted by atomic mass is 9.94. The quantitative estimate of drug-likeness (QED) is 0.928. The van der Waals surface area contributed by atoms with Gasteiger partial charge in [-0.3, -0.25) is 4.90 Å². The highest BCUT2D eigenvalue weighted by Crippen LogP contribution is 2.17. The minimum absolute atomic E-state index is 0.292. The van der Waals surface area contributed by atoms with Gasteiger partial charge in [-0.05, 0) is 37.1 Å². The lowest BCUT2D eigenvalue weighted by Crippen LogP contribution is -2.47. The number of hydrogen-bond acceptors (Lipinski definition) is 3. The third-order valence-electron chi connectivity index (χ3n) is 4.15. The lowest BCUT2D eigenvalue weighted by Gasteiger charge is -2.34. The minimum atomic E-state index is 0.292. The summed E-state index contributed by atoms with van der Waals surface area (Å²) >= 11 is 0. The first-order chi connectivity index (χ1) is 9.72. The van der Waals surface area contributed by atoms with Crippen molar-refractivity contribution in [2.24, 2.45) is 11.7 Å². The number of benzene rings is 1. The van der Waals surface area contributed by atoms with Crippen LogP contribution in [0.25, 0.3) is 5.69 Å². The predicted molar refractivity (Wildman–Crippen MR) is 80.6 cm³/mol. The zero-order valence-electron chi connectivity index (χ0n) is 11.9. The van der Waals surface area contributed by atoms with E-state index in [0.717, 1.165) is 31.0 Å². The zero-order chi connectivity index (χ0) is 13.9. The van der Waals surface area contributed by atoms with Crippen molar-refractivity contribution < 1.29 is 0 Å². The summed E-state index contributed by atoms with van der Waals surface area (Å²) < 4.78 is 1.93. The van der Waals surface area contributed by atoms with Crippen molar-refractivity contribution in [3.8, 4) is 5.69 Å². The maximum Gasteiger partial charge on any atom is 0.0769 e. The van der Waals surface area contributed by atoms with Crippen LogP contribution in [0.2, 0.25) is 0 Å². The number of hydrogen-bond donors (Lipinski definition) is 1. The summed E-state index contributed by atoms with van der Waals surface area (Å²) in [7, 11) is 0. The Morgan fingerprint density at radius 1 is 1.25 bits per heavy atom. The Morgan fingerprint density at radius 3 is 2.80 bits per heavy atom. The summed E-state index contributed by atoms with van der Waals surface area (Å²) in [6.07, 6.45) is 3.21. The lowest BCUT2D eigenvalue weighted by molar-refractivity contribution is 0.160. The standard InChI is InChI=1S/C16H22N4/c1-13-7-9-19(12-16(13)17)11-14-8-10-20(18-14)15-5-3-2-4-6-15/h2-6,8,10,13,16H,7,9,11-12,17H2,1H3. The van der Waals surface area contributed by atoms with Crippen molar-refractivity contribution in [1.29, 1.82) is 0 Å². The van der Waals surface area contributed by atoms with E-state index in [1.54, 1.807) is 0 Å². The van der Waals surface area contributed by atoms with Gasteiger partial charge in [-0.2, -0.15) is 5.10 Å². The fraction of sp³-hybridized carbons (Fsp3) is 0.438. The van der Waals surface area contributed by atoms with Crippen molar-refractivity contribution in [2.75, 3.05) is 13.1 Å². The van der Waals surface area contributed by atoms with E-state index in [4.69, 9.17) is 5.73 Å². The van der Waals surface area contributed by atoms with Gasteiger partial charge in [0.25, 0.3) is 0 Å². The second-order valence-electron chi connectivity index (χ2n) is 5.75. The molecule has 0 saturated carbocycles. The number of rotatable bonds is 3.